The van der Waals surface area contributed by atoms with Gasteiger partial charge in [0.25, 0.3) is 0 Å². The summed E-state index contributed by atoms with van der Waals surface area (Å²) in [5.74, 6) is -1.41. The Morgan fingerprint density at radius 2 is 2.26 bits per heavy atom. The van der Waals surface area contributed by atoms with E-state index in [0.717, 1.165) is 12.0 Å². The number of ether oxygens (including phenoxy) is 1. The van der Waals surface area contributed by atoms with Gasteiger partial charge >= 0.3 is 13.1 Å². The largest absolute Gasteiger partial charge is 0.535 e. The van der Waals surface area contributed by atoms with Crippen LogP contribution in [-0.4, -0.2) is 70.5 Å². The number of fused-ring (bicyclic) bond motifs is 3. The molecule has 1 aromatic rings. The zero-order valence-electron chi connectivity index (χ0n) is 15.5. The standard InChI is InChI=1S/C17H21BN2O7/c1-17(19,7-21)16(24)20-5-8(6-20)26-12-3-2-9-10-4-11(10)18(25)27-14(9)13(12)15(22)23/h2-3,8,10-11,21,25H,4-7,19H2,1H3,(H,22,23)/t10-,11-,17+/m1/s1/i1D. The summed E-state index contributed by atoms with van der Waals surface area (Å²) >= 11 is 0. The summed E-state index contributed by atoms with van der Waals surface area (Å²) in [4.78, 5) is 25.5. The molecule has 4 rings (SSSR count). The predicted molar refractivity (Wildman–Crippen MR) is 93.8 cm³/mol. The van der Waals surface area contributed by atoms with Gasteiger partial charge in [-0.1, -0.05) is 6.07 Å². The number of hydrogen-bond acceptors (Lipinski definition) is 7. The Morgan fingerprint density at radius 3 is 2.89 bits per heavy atom. The minimum absolute atomic E-state index is 0.00667. The normalized spacial score (nSPS) is 26.0. The molecule has 2 heterocycles. The number of aromatic carboxylic acids is 1. The van der Waals surface area contributed by atoms with Crippen LogP contribution in [0.2, 0.25) is 5.82 Å². The molecule has 1 saturated heterocycles. The van der Waals surface area contributed by atoms with Crippen LogP contribution in [0.4, 0.5) is 0 Å². The van der Waals surface area contributed by atoms with E-state index in [4.69, 9.17) is 16.5 Å². The average molecular weight is 377 g/mol. The number of carboxylic acids is 1. The number of nitrogens with zero attached hydrogens (tertiary/aromatic N) is 1. The first-order valence-corrected chi connectivity index (χ1v) is 8.69. The summed E-state index contributed by atoms with van der Waals surface area (Å²) < 4.78 is 18.6. The lowest BCUT2D eigenvalue weighted by Crippen LogP contribution is -2.64. The van der Waals surface area contributed by atoms with Gasteiger partial charge in [0.05, 0.1) is 19.7 Å². The number of hydrogen-bond donors (Lipinski definition) is 4. The van der Waals surface area contributed by atoms with E-state index >= 15 is 0 Å². The molecule has 0 radical (unpaired) electrons. The van der Waals surface area contributed by atoms with Gasteiger partial charge in [0.15, 0.2) is 0 Å². The van der Waals surface area contributed by atoms with E-state index in [1.807, 2.05) is 0 Å². The second kappa shape index (κ2) is 6.11. The maximum absolute atomic E-state index is 12.3. The molecule has 1 aliphatic carbocycles. The number of carboxylic acid groups (broad SMARTS) is 1. The van der Waals surface area contributed by atoms with Crippen LogP contribution < -0.4 is 15.1 Å². The van der Waals surface area contributed by atoms with Gasteiger partial charge in [-0.15, -0.1) is 0 Å². The summed E-state index contributed by atoms with van der Waals surface area (Å²) in [6.45, 7) is -0.739. The van der Waals surface area contributed by atoms with E-state index < -0.39 is 44.1 Å². The number of carbonyl (C=O) groups is 2. The van der Waals surface area contributed by atoms with E-state index in [-0.39, 0.29) is 41.9 Å². The summed E-state index contributed by atoms with van der Waals surface area (Å²) in [5, 5.41) is 28.9. The monoisotopic (exact) mass is 377 g/mol. The number of benzene rings is 1. The maximum Gasteiger partial charge on any atom is 0.526 e. The van der Waals surface area contributed by atoms with E-state index in [1.54, 1.807) is 12.1 Å². The van der Waals surface area contributed by atoms with E-state index in [2.05, 4.69) is 0 Å². The number of aliphatic hydroxyl groups excluding tert-OH is 1. The van der Waals surface area contributed by atoms with Crippen LogP contribution in [0.1, 0.15) is 36.5 Å². The quantitative estimate of drug-likeness (QED) is 0.499. The number of nitrogens with two attached hydrogens (primary N) is 1. The molecule has 144 valence electrons. The minimum atomic E-state index is -1.65. The molecule has 5 N–H and O–H groups in total. The first-order valence-electron chi connectivity index (χ1n) is 9.39. The molecule has 3 atom stereocenters. The second-order valence-corrected chi connectivity index (χ2v) is 7.44. The highest BCUT2D eigenvalue weighted by atomic mass is 16.5. The van der Waals surface area contributed by atoms with Crippen molar-refractivity contribution in [1.82, 2.24) is 4.90 Å². The fraction of sp³-hybridized carbons (Fsp3) is 0.529. The van der Waals surface area contributed by atoms with Crippen molar-refractivity contribution >= 4 is 19.0 Å². The number of aliphatic hydroxyl groups is 1. The molecule has 2 aliphatic heterocycles. The van der Waals surface area contributed by atoms with Crippen molar-refractivity contribution in [3.8, 4) is 11.5 Å². The zero-order chi connectivity index (χ0) is 20.2. The molecule has 0 aromatic heterocycles. The van der Waals surface area contributed by atoms with Crippen LogP contribution in [-0.2, 0) is 4.79 Å². The topological polar surface area (TPSA) is 143 Å². The van der Waals surface area contributed by atoms with Gasteiger partial charge in [-0.2, -0.15) is 0 Å². The highest BCUT2D eigenvalue weighted by Gasteiger charge is 2.54. The van der Waals surface area contributed by atoms with Crippen LogP contribution >= 0.6 is 0 Å². The summed E-state index contributed by atoms with van der Waals surface area (Å²) in [6.07, 6.45) is 0.311. The fourth-order valence-corrected chi connectivity index (χ4v) is 3.64. The molecule has 2 fully saturated rings. The van der Waals surface area contributed by atoms with Crippen molar-refractivity contribution in [2.45, 2.75) is 36.7 Å². The number of amides is 1. The highest BCUT2D eigenvalue weighted by Crippen LogP contribution is 2.60. The molecule has 9 nitrogen and oxygen atoms in total. The van der Waals surface area contributed by atoms with Crippen molar-refractivity contribution in [3.05, 3.63) is 23.3 Å². The molecule has 3 aliphatic rings. The lowest BCUT2D eigenvalue weighted by molar-refractivity contribution is -0.146. The van der Waals surface area contributed by atoms with Crippen molar-refractivity contribution in [2.75, 3.05) is 19.7 Å². The Morgan fingerprint density at radius 1 is 1.52 bits per heavy atom. The van der Waals surface area contributed by atoms with Gasteiger partial charge in [0, 0.05) is 7.19 Å². The molecule has 1 amide bonds. The molecular formula is C17H21BN2O7. The third-order valence-electron chi connectivity index (χ3n) is 5.34. The molecule has 1 aromatic carbocycles. The molecule has 0 unspecified atom stereocenters. The zero-order valence-corrected chi connectivity index (χ0v) is 14.5. The van der Waals surface area contributed by atoms with Crippen molar-refractivity contribution in [2.24, 2.45) is 5.73 Å². The first-order chi connectivity index (χ1) is 13.3. The molecule has 27 heavy (non-hydrogen) atoms. The Balaban J connectivity index is 1.49. The smallest absolute Gasteiger partial charge is 0.526 e. The number of carbonyl (C=O) groups excluding carboxylic acids is 1. The van der Waals surface area contributed by atoms with Gasteiger partial charge in [0.2, 0.25) is 5.91 Å². The minimum Gasteiger partial charge on any atom is -0.535 e. The molecule has 10 heteroatoms. The summed E-state index contributed by atoms with van der Waals surface area (Å²) in [6, 6.07) is 3.33. The molecule has 0 bridgehead atoms. The number of rotatable bonds is 5. The molecular weight excluding hydrogens is 355 g/mol. The van der Waals surface area contributed by atoms with E-state index in [9.17, 15) is 24.8 Å². The Labute approximate surface area is 157 Å². The summed E-state index contributed by atoms with van der Waals surface area (Å²) in [5.41, 5.74) is 4.71. The third-order valence-corrected chi connectivity index (χ3v) is 5.34. The van der Waals surface area contributed by atoms with Gasteiger partial charge in [0.1, 0.15) is 28.7 Å². The van der Waals surface area contributed by atoms with Gasteiger partial charge < -0.3 is 35.3 Å². The first kappa shape index (κ1) is 16.8. The van der Waals surface area contributed by atoms with E-state index in [1.165, 1.54) is 4.90 Å². The van der Waals surface area contributed by atoms with E-state index in [0.29, 0.717) is 0 Å². The summed E-state index contributed by atoms with van der Waals surface area (Å²) in [7, 11) is -1.02. The van der Waals surface area contributed by atoms with Gasteiger partial charge in [-0.3, -0.25) is 4.79 Å². The highest BCUT2D eigenvalue weighted by molar-refractivity contribution is 6.48. The van der Waals surface area contributed by atoms with Crippen LogP contribution in [0.5, 0.6) is 11.5 Å². The Hall–Kier alpha value is -2.30. The van der Waals surface area contributed by atoms with Crippen molar-refractivity contribution < 1.29 is 35.6 Å². The maximum atomic E-state index is 12.3. The van der Waals surface area contributed by atoms with Crippen LogP contribution in [0.25, 0.3) is 0 Å². The second-order valence-electron chi connectivity index (χ2n) is 7.44. The molecule has 1 saturated carbocycles. The van der Waals surface area contributed by atoms with Crippen LogP contribution in [0.3, 0.4) is 0 Å². The lowest BCUT2D eigenvalue weighted by atomic mass is 9.77. The SMILES string of the molecule is [2H]C[C@](N)(CO)C(=O)N1CC(Oc2ccc3c(c2C(=O)O)OB(O)[C@@H]2C[C@H]32)C1. The Kier molecular flexibility index (Phi) is 3.82. The van der Waals surface area contributed by atoms with Crippen LogP contribution in [0.15, 0.2) is 12.1 Å². The van der Waals surface area contributed by atoms with Gasteiger partial charge in [-0.25, -0.2) is 4.79 Å². The third kappa shape index (κ3) is 2.93. The van der Waals surface area contributed by atoms with Gasteiger partial charge in [-0.05, 0) is 30.9 Å². The lowest BCUT2D eigenvalue weighted by Gasteiger charge is -2.42. The fourth-order valence-electron chi connectivity index (χ4n) is 3.64. The number of likely N-dealkylation sites (tertiary alicyclic amines) is 1. The molecule has 0 spiro atoms. The van der Waals surface area contributed by atoms with Crippen LogP contribution in [0, 0.1) is 0 Å². The van der Waals surface area contributed by atoms with Crippen molar-refractivity contribution in [1.29, 1.82) is 0 Å². The average Bonchev–Trinajstić information content (AvgIpc) is 3.44. The van der Waals surface area contributed by atoms with Crippen molar-refractivity contribution in [3.63, 3.8) is 0 Å². The Bertz CT molecular complexity index is 828. The predicted octanol–water partition coefficient (Wildman–Crippen LogP) is -0.585.